The molecule has 0 unspecified atom stereocenters. The topological polar surface area (TPSA) is 39.4 Å². The molecule has 132 valence electrons. The zero-order chi connectivity index (χ0) is 18.3. The maximum Gasteiger partial charge on any atom is 0.339 e. The van der Waals surface area contributed by atoms with Gasteiger partial charge in [0.2, 0.25) is 0 Å². The van der Waals surface area contributed by atoms with E-state index < -0.39 is 0 Å². The lowest BCUT2D eigenvalue weighted by molar-refractivity contribution is 0.0597. The fourth-order valence-corrected chi connectivity index (χ4v) is 4.50. The van der Waals surface area contributed by atoms with E-state index in [1.807, 2.05) is 36.6 Å². The van der Waals surface area contributed by atoms with Crippen LogP contribution in [-0.4, -0.2) is 19.3 Å². The van der Waals surface area contributed by atoms with E-state index >= 15 is 0 Å². The summed E-state index contributed by atoms with van der Waals surface area (Å²) in [4.78, 5) is 13.7. The van der Waals surface area contributed by atoms with Crippen molar-refractivity contribution in [2.24, 2.45) is 0 Å². The second-order valence-corrected chi connectivity index (χ2v) is 7.38. The Bertz CT molecular complexity index is 989. The number of aryl methyl sites for hydroxylation is 2. The van der Waals surface area contributed by atoms with Crippen LogP contribution in [0.5, 0.6) is 0 Å². The van der Waals surface area contributed by atoms with Crippen molar-refractivity contribution in [3.63, 3.8) is 0 Å². The van der Waals surface area contributed by atoms with Crippen LogP contribution in [0.25, 0.3) is 22.3 Å². The lowest BCUT2D eigenvalue weighted by atomic mass is 9.84. The van der Waals surface area contributed by atoms with Crippen LogP contribution in [0.2, 0.25) is 5.02 Å². The van der Waals surface area contributed by atoms with Gasteiger partial charge in [-0.2, -0.15) is 0 Å². The van der Waals surface area contributed by atoms with Gasteiger partial charge in [-0.1, -0.05) is 23.7 Å². The van der Waals surface area contributed by atoms with Crippen LogP contribution < -0.4 is 0 Å². The third-order valence-corrected chi connectivity index (χ3v) is 5.83. The molecule has 0 atom stereocenters. The number of rotatable bonds is 3. The number of ether oxygens (including phenoxy) is 1. The highest BCUT2D eigenvalue weighted by Gasteiger charge is 2.29. The Morgan fingerprint density at radius 2 is 1.92 bits per heavy atom. The Balaban J connectivity index is 2.05. The van der Waals surface area contributed by atoms with Crippen molar-refractivity contribution in [2.45, 2.75) is 17.7 Å². The van der Waals surface area contributed by atoms with Crippen LogP contribution in [0.3, 0.4) is 0 Å². The molecule has 1 aliphatic carbocycles. The smallest absolute Gasteiger partial charge is 0.339 e. The lowest BCUT2D eigenvalue weighted by Crippen LogP contribution is -2.12. The van der Waals surface area contributed by atoms with Crippen LogP contribution in [0.15, 0.2) is 52.0 Å². The van der Waals surface area contributed by atoms with Gasteiger partial charge in [0.05, 0.1) is 18.9 Å². The average molecular weight is 385 g/mol. The van der Waals surface area contributed by atoms with Gasteiger partial charge < -0.3 is 9.15 Å². The maximum atomic E-state index is 12.7. The second kappa shape index (κ2) is 6.86. The summed E-state index contributed by atoms with van der Waals surface area (Å²) in [7, 11) is 1.42. The fraction of sp³-hybridized carbons (Fsp3) is 0.190. The predicted molar refractivity (Wildman–Crippen MR) is 105 cm³/mol. The van der Waals surface area contributed by atoms with Crippen molar-refractivity contribution in [1.29, 1.82) is 0 Å². The van der Waals surface area contributed by atoms with E-state index in [1.165, 1.54) is 7.11 Å². The number of halogens is 1. The van der Waals surface area contributed by atoms with Crippen molar-refractivity contribution in [1.82, 2.24) is 0 Å². The van der Waals surface area contributed by atoms with Gasteiger partial charge in [-0.15, -0.1) is 11.8 Å². The molecule has 0 N–H and O–H groups in total. The SMILES string of the molecule is COC(=O)c1c(SC)c(-c2ccc(Cl)cc2)cc2c1-c1ccoc1CC2. The van der Waals surface area contributed by atoms with Crippen molar-refractivity contribution >= 4 is 29.3 Å². The molecule has 1 aliphatic rings. The van der Waals surface area contributed by atoms with E-state index in [-0.39, 0.29) is 5.97 Å². The number of esters is 1. The number of hydrogen-bond acceptors (Lipinski definition) is 4. The van der Waals surface area contributed by atoms with Crippen LogP contribution in [0.1, 0.15) is 21.7 Å². The molecule has 1 heterocycles. The summed E-state index contributed by atoms with van der Waals surface area (Å²) < 4.78 is 10.8. The van der Waals surface area contributed by atoms with Crippen molar-refractivity contribution in [3.8, 4) is 22.3 Å². The molecular weight excluding hydrogens is 368 g/mol. The first-order valence-electron chi connectivity index (χ1n) is 8.29. The third-order valence-electron chi connectivity index (χ3n) is 4.75. The molecule has 0 saturated carbocycles. The molecule has 1 aromatic heterocycles. The number of thioether (sulfide) groups is 1. The number of furan rings is 1. The van der Waals surface area contributed by atoms with Crippen LogP contribution in [-0.2, 0) is 17.6 Å². The highest BCUT2D eigenvalue weighted by atomic mass is 35.5. The summed E-state index contributed by atoms with van der Waals surface area (Å²) >= 11 is 7.60. The number of carbonyl (C=O) groups is 1. The summed E-state index contributed by atoms with van der Waals surface area (Å²) in [6.07, 6.45) is 5.32. The zero-order valence-corrected chi connectivity index (χ0v) is 16.0. The van der Waals surface area contributed by atoms with E-state index in [4.69, 9.17) is 20.8 Å². The first kappa shape index (κ1) is 17.3. The summed E-state index contributed by atoms with van der Waals surface area (Å²) in [5.41, 5.74) is 5.75. The number of hydrogen-bond donors (Lipinski definition) is 0. The minimum atomic E-state index is -0.324. The minimum absolute atomic E-state index is 0.324. The molecule has 3 aromatic rings. The van der Waals surface area contributed by atoms with Gasteiger partial charge in [-0.25, -0.2) is 4.79 Å². The van der Waals surface area contributed by atoms with Gasteiger partial charge in [-0.3, -0.25) is 0 Å². The molecule has 4 rings (SSSR count). The Hall–Kier alpha value is -2.17. The second-order valence-electron chi connectivity index (χ2n) is 6.12. The van der Waals surface area contributed by atoms with E-state index in [2.05, 4.69) is 6.07 Å². The van der Waals surface area contributed by atoms with Crippen molar-refractivity contribution in [3.05, 3.63) is 64.6 Å². The molecule has 2 aromatic carbocycles. The summed E-state index contributed by atoms with van der Waals surface area (Å²) in [5.74, 6) is 0.601. The van der Waals surface area contributed by atoms with E-state index in [9.17, 15) is 4.79 Å². The largest absolute Gasteiger partial charge is 0.469 e. The Labute approximate surface area is 161 Å². The molecule has 0 amide bonds. The average Bonchev–Trinajstić information content (AvgIpc) is 3.15. The van der Waals surface area contributed by atoms with Gasteiger partial charge in [0.1, 0.15) is 5.76 Å². The minimum Gasteiger partial charge on any atom is -0.469 e. The van der Waals surface area contributed by atoms with Crippen LogP contribution in [0, 0.1) is 0 Å². The van der Waals surface area contributed by atoms with Gasteiger partial charge in [0.25, 0.3) is 0 Å². The van der Waals surface area contributed by atoms with Crippen molar-refractivity contribution in [2.75, 3.05) is 13.4 Å². The molecule has 26 heavy (non-hydrogen) atoms. The molecule has 0 saturated heterocycles. The standard InChI is InChI=1S/C21H17ClO3S/c1-24-21(23)19-18-13(5-8-17-15(18)9-10-25-17)11-16(20(19)26-2)12-3-6-14(22)7-4-12/h3-4,6-7,9-11H,5,8H2,1-2H3. The third kappa shape index (κ3) is 2.74. The Kier molecular flexibility index (Phi) is 4.55. The normalized spacial score (nSPS) is 12.4. The molecule has 3 nitrogen and oxygen atoms in total. The van der Waals surface area contributed by atoms with Crippen LogP contribution in [0.4, 0.5) is 0 Å². The van der Waals surface area contributed by atoms with Gasteiger partial charge in [0, 0.05) is 27.5 Å². The van der Waals surface area contributed by atoms with Crippen molar-refractivity contribution < 1.29 is 13.9 Å². The van der Waals surface area contributed by atoms with E-state index in [1.54, 1.807) is 18.0 Å². The zero-order valence-electron chi connectivity index (χ0n) is 14.5. The summed E-state index contributed by atoms with van der Waals surface area (Å²) in [6.45, 7) is 0. The van der Waals surface area contributed by atoms with Crippen LogP contribution >= 0.6 is 23.4 Å². The number of fused-ring (bicyclic) bond motifs is 3. The molecule has 0 bridgehead atoms. The monoisotopic (exact) mass is 384 g/mol. The Morgan fingerprint density at radius 3 is 2.62 bits per heavy atom. The summed E-state index contributed by atoms with van der Waals surface area (Å²) in [6, 6.07) is 11.8. The predicted octanol–water partition coefficient (Wildman–Crippen LogP) is 5.87. The molecule has 0 radical (unpaired) electrons. The fourth-order valence-electron chi connectivity index (χ4n) is 3.58. The summed E-state index contributed by atoms with van der Waals surface area (Å²) in [5, 5.41) is 0.689. The first-order chi connectivity index (χ1) is 12.6. The number of benzene rings is 2. The number of carbonyl (C=O) groups excluding carboxylic acids is 1. The highest BCUT2D eigenvalue weighted by Crippen LogP contribution is 2.45. The maximum absolute atomic E-state index is 12.7. The quantitative estimate of drug-likeness (QED) is 0.418. The van der Waals surface area contributed by atoms with E-state index in [0.717, 1.165) is 51.3 Å². The molecule has 0 fully saturated rings. The van der Waals surface area contributed by atoms with Gasteiger partial charge >= 0.3 is 5.97 Å². The Morgan fingerprint density at radius 1 is 1.15 bits per heavy atom. The first-order valence-corrected chi connectivity index (χ1v) is 9.89. The van der Waals surface area contributed by atoms with Gasteiger partial charge in [0.15, 0.2) is 0 Å². The van der Waals surface area contributed by atoms with E-state index in [0.29, 0.717) is 10.6 Å². The molecule has 0 aliphatic heterocycles. The lowest BCUT2D eigenvalue weighted by Gasteiger charge is -2.23. The highest BCUT2D eigenvalue weighted by molar-refractivity contribution is 7.98. The number of methoxy groups -OCH3 is 1. The molecule has 0 spiro atoms. The molecular formula is C21H17ClO3S. The van der Waals surface area contributed by atoms with Gasteiger partial charge in [-0.05, 0) is 53.6 Å². The molecule has 5 heteroatoms.